The topological polar surface area (TPSA) is 77.4 Å². The lowest BCUT2D eigenvalue weighted by molar-refractivity contribution is -0.356. The highest BCUT2D eigenvalue weighted by atomic mass is 16.7. The third kappa shape index (κ3) is 4.63. The fourth-order valence-corrected chi connectivity index (χ4v) is 3.06. The minimum absolute atomic E-state index is 0.322. The van der Waals surface area contributed by atoms with E-state index in [-0.39, 0.29) is 6.29 Å². The number of hydrogen-bond donors (Lipinski definition) is 2. The Labute approximate surface area is 132 Å². The van der Waals surface area contributed by atoms with E-state index in [4.69, 9.17) is 18.9 Å². The van der Waals surface area contributed by atoms with Crippen LogP contribution in [0, 0.1) is 0 Å². The van der Waals surface area contributed by atoms with Crippen LogP contribution < -0.4 is 0 Å². The van der Waals surface area contributed by atoms with Crippen LogP contribution in [0.15, 0.2) is 0 Å². The van der Waals surface area contributed by atoms with E-state index < -0.39 is 30.7 Å². The SMILES string of the molecule is CCCCCCCCC1OC[C@H]2O[C@H](OC)[C@H](O)[C@@H](O)[C@@H]2O1. The van der Waals surface area contributed by atoms with Crippen molar-refractivity contribution < 1.29 is 29.2 Å². The van der Waals surface area contributed by atoms with Crippen molar-refractivity contribution in [1.82, 2.24) is 0 Å². The van der Waals surface area contributed by atoms with Crippen LogP contribution in [-0.4, -0.2) is 60.9 Å². The number of hydrogen-bond acceptors (Lipinski definition) is 6. The Morgan fingerprint density at radius 1 is 1.00 bits per heavy atom. The van der Waals surface area contributed by atoms with Gasteiger partial charge < -0.3 is 29.2 Å². The molecular weight excluding hydrogens is 288 g/mol. The van der Waals surface area contributed by atoms with E-state index in [9.17, 15) is 10.2 Å². The van der Waals surface area contributed by atoms with E-state index in [1.165, 1.54) is 39.2 Å². The molecule has 6 nitrogen and oxygen atoms in total. The summed E-state index contributed by atoms with van der Waals surface area (Å²) in [5, 5.41) is 20.1. The fourth-order valence-electron chi connectivity index (χ4n) is 3.06. The zero-order valence-corrected chi connectivity index (χ0v) is 13.6. The minimum Gasteiger partial charge on any atom is -0.387 e. The first kappa shape index (κ1) is 18.1. The maximum Gasteiger partial charge on any atom is 0.186 e. The van der Waals surface area contributed by atoms with Crippen molar-refractivity contribution in [2.75, 3.05) is 13.7 Å². The van der Waals surface area contributed by atoms with E-state index in [2.05, 4.69) is 6.92 Å². The summed E-state index contributed by atoms with van der Waals surface area (Å²) in [4.78, 5) is 0. The second kappa shape index (κ2) is 9.15. The molecule has 0 saturated carbocycles. The van der Waals surface area contributed by atoms with Gasteiger partial charge in [-0.25, -0.2) is 0 Å². The third-order valence-corrected chi connectivity index (χ3v) is 4.42. The first-order valence-corrected chi connectivity index (χ1v) is 8.48. The Hall–Kier alpha value is -0.240. The van der Waals surface area contributed by atoms with E-state index >= 15 is 0 Å². The number of rotatable bonds is 8. The van der Waals surface area contributed by atoms with Crippen molar-refractivity contribution in [1.29, 1.82) is 0 Å². The van der Waals surface area contributed by atoms with Crippen LogP contribution in [0.5, 0.6) is 0 Å². The summed E-state index contributed by atoms with van der Waals surface area (Å²) >= 11 is 0. The molecule has 22 heavy (non-hydrogen) atoms. The molecule has 2 saturated heterocycles. The van der Waals surface area contributed by atoms with Gasteiger partial charge in [-0.05, 0) is 12.8 Å². The molecule has 0 aliphatic carbocycles. The average molecular weight is 318 g/mol. The van der Waals surface area contributed by atoms with Gasteiger partial charge in [0.25, 0.3) is 0 Å². The first-order valence-electron chi connectivity index (χ1n) is 8.48. The molecule has 6 heteroatoms. The quantitative estimate of drug-likeness (QED) is 0.662. The summed E-state index contributed by atoms with van der Waals surface area (Å²) in [5.74, 6) is 0. The molecule has 0 radical (unpaired) electrons. The molecule has 0 spiro atoms. The largest absolute Gasteiger partial charge is 0.387 e. The van der Waals surface area contributed by atoms with Gasteiger partial charge in [-0.2, -0.15) is 0 Å². The molecule has 2 aliphatic rings. The number of fused-ring (bicyclic) bond motifs is 1. The molecule has 2 N–H and O–H groups in total. The van der Waals surface area contributed by atoms with Gasteiger partial charge in [0.15, 0.2) is 12.6 Å². The van der Waals surface area contributed by atoms with Gasteiger partial charge in [0.1, 0.15) is 24.4 Å². The molecule has 0 aromatic carbocycles. The highest BCUT2D eigenvalue weighted by Crippen LogP contribution is 2.30. The summed E-state index contributed by atoms with van der Waals surface area (Å²) in [6.45, 7) is 2.56. The average Bonchev–Trinajstić information content (AvgIpc) is 2.54. The number of methoxy groups -OCH3 is 1. The highest BCUT2D eigenvalue weighted by Gasteiger charge is 2.48. The van der Waals surface area contributed by atoms with Crippen LogP contribution in [0.1, 0.15) is 51.9 Å². The van der Waals surface area contributed by atoms with Gasteiger partial charge in [0, 0.05) is 7.11 Å². The molecule has 6 atom stereocenters. The van der Waals surface area contributed by atoms with Crippen LogP contribution >= 0.6 is 0 Å². The molecule has 0 bridgehead atoms. The lowest BCUT2D eigenvalue weighted by atomic mass is 9.98. The molecule has 2 aliphatic heterocycles. The molecule has 2 fully saturated rings. The zero-order chi connectivity index (χ0) is 15.9. The predicted molar refractivity (Wildman–Crippen MR) is 80.3 cm³/mol. The van der Waals surface area contributed by atoms with Gasteiger partial charge >= 0.3 is 0 Å². The predicted octanol–water partition coefficient (Wildman–Crippen LogP) is 1.57. The number of aliphatic hydroxyl groups excluding tert-OH is 2. The minimum atomic E-state index is -1.10. The van der Waals surface area contributed by atoms with Crippen molar-refractivity contribution >= 4 is 0 Å². The first-order chi connectivity index (χ1) is 10.7. The summed E-state index contributed by atoms with van der Waals surface area (Å²) in [6.07, 6.45) is 3.88. The Kier molecular flexibility index (Phi) is 7.53. The Morgan fingerprint density at radius 2 is 1.73 bits per heavy atom. The van der Waals surface area contributed by atoms with Gasteiger partial charge in [-0.3, -0.25) is 0 Å². The number of aliphatic hydroxyl groups is 2. The smallest absolute Gasteiger partial charge is 0.186 e. The van der Waals surface area contributed by atoms with E-state index in [0.717, 1.165) is 12.8 Å². The Morgan fingerprint density at radius 3 is 2.45 bits per heavy atom. The maximum atomic E-state index is 10.2. The van der Waals surface area contributed by atoms with Crippen molar-refractivity contribution in [2.45, 2.75) is 88.9 Å². The molecule has 2 heterocycles. The third-order valence-electron chi connectivity index (χ3n) is 4.42. The van der Waals surface area contributed by atoms with Gasteiger partial charge in [-0.1, -0.05) is 39.0 Å². The second-order valence-corrected chi connectivity index (χ2v) is 6.18. The standard InChI is InChI=1S/C16H30O6/c1-3-4-5-6-7-8-9-12-20-10-11-15(22-12)13(17)14(18)16(19-2)21-11/h11-18H,3-10H2,1-2H3/t11-,12?,13-,14-,15-,16+/m1/s1. The van der Waals surface area contributed by atoms with Gasteiger partial charge in [0.05, 0.1) is 6.61 Å². The number of unbranched alkanes of at least 4 members (excludes halogenated alkanes) is 5. The normalized spacial score (nSPS) is 38.7. The van der Waals surface area contributed by atoms with Crippen molar-refractivity contribution in [2.24, 2.45) is 0 Å². The monoisotopic (exact) mass is 318 g/mol. The van der Waals surface area contributed by atoms with E-state index in [0.29, 0.717) is 6.61 Å². The van der Waals surface area contributed by atoms with Gasteiger partial charge in [-0.15, -0.1) is 0 Å². The summed E-state index contributed by atoms with van der Waals surface area (Å²) in [6, 6.07) is 0. The van der Waals surface area contributed by atoms with Crippen LogP contribution in [0.3, 0.4) is 0 Å². The Balaban J connectivity index is 1.71. The molecule has 1 unspecified atom stereocenters. The van der Waals surface area contributed by atoms with Crippen molar-refractivity contribution in [3.8, 4) is 0 Å². The molecule has 0 aromatic rings. The fraction of sp³-hybridized carbons (Fsp3) is 1.00. The summed E-state index contributed by atoms with van der Waals surface area (Å²) in [7, 11) is 1.44. The molecule has 130 valence electrons. The van der Waals surface area contributed by atoms with Crippen LogP contribution in [-0.2, 0) is 18.9 Å². The lowest BCUT2D eigenvalue weighted by Gasteiger charge is -2.45. The van der Waals surface area contributed by atoms with E-state index in [1.54, 1.807) is 0 Å². The molecule has 2 rings (SSSR count). The summed E-state index contributed by atoms with van der Waals surface area (Å²) < 4.78 is 22.0. The van der Waals surface area contributed by atoms with Crippen LogP contribution in [0.25, 0.3) is 0 Å². The van der Waals surface area contributed by atoms with Gasteiger partial charge in [0.2, 0.25) is 0 Å². The summed E-state index contributed by atoms with van der Waals surface area (Å²) in [5.41, 5.74) is 0. The Bertz CT molecular complexity index is 311. The zero-order valence-electron chi connectivity index (χ0n) is 13.6. The van der Waals surface area contributed by atoms with Crippen LogP contribution in [0.4, 0.5) is 0 Å². The second-order valence-electron chi connectivity index (χ2n) is 6.18. The highest BCUT2D eigenvalue weighted by molar-refractivity contribution is 4.92. The van der Waals surface area contributed by atoms with E-state index in [1.807, 2.05) is 0 Å². The number of ether oxygens (including phenoxy) is 4. The molecule has 0 aromatic heterocycles. The molecule has 0 amide bonds. The maximum absolute atomic E-state index is 10.2. The van der Waals surface area contributed by atoms with Crippen molar-refractivity contribution in [3.63, 3.8) is 0 Å². The van der Waals surface area contributed by atoms with Crippen LogP contribution in [0.2, 0.25) is 0 Å². The lowest BCUT2D eigenvalue weighted by Crippen LogP contribution is -2.63. The molecular formula is C16H30O6. The van der Waals surface area contributed by atoms with Crippen molar-refractivity contribution in [3.05, 3.63) is 0 Å².